The molecule has 5 aromatic rings. The highest BCUT2D eigenvalue weighted by Crippen LogP contribution is 2.33. The Morgan fingerprint density at radius 3 is 2.18 bits per heavy atom. The van der Waals surface area contributed by atoms with Crippen LogP contribution in [0.15, 0.2) is 103 Å². The Labute approximate surface area is 329 Å². The largest absolute Gasteiger partial charge is 0.384 e. The quantitative estimate of drug-likeness (QED) is 0.0722. The van der Waals surface area contributed by atoms with Crippen LogP contribution in [0.1, 0.15) is 107 Å². The fourth-order valence-corrected chi connectivity index (χ4v) is 7.40. The molecule has 5 aromatic carbocycles. The first kappa shape index (κ1) is 41.0. The van der Waals surface area contributed by atoms with Gasteiger partial charge in [-0.2, -0.15) is 0 Å². The Hall–Kier alpha value is -5.20. The maximum absolute atomic E-state index is 14.1. The van der Waals surface area contributed by atoms with Crippen LogP contribution in [0.25, 0.3) is 11.1 Å². The molecule has 5 rings (SSSR count). The fraction of sp³-hybridized carbons (Fsp3) is 0.347. The maximum atomic E-state index is 14.1. The van der Waals surface area contributed by atoms with E-state index >= 15 is 0 Å². The molecule has 0 aliphatic rings. The van der Waals surface area contributed by atoms with Crippen molar-refractivity contribution < 1.29 is 14.9 Å². The number of hydrogen-bond acceptors (Lipinski definition) is 4. The van der Waals surface area contributed by atoms with Crippen molar-refractivity contribution >= 4 is 23.2 Å². The lowest BCUT2D eigenvalue weighted by Crippen LogP contribution is -2.86. The third-order valence-corrected chi connectivity index (χ3v) is 10.4. The predicted octanol–water partition coefficient (Wildman–Crippen LogP) is 9.80. The molecule has 0 saturated carbocycles. The highest BCUT2D eigenvalue weighted by Gasteiger charge is 2.23. The zero-order valence-electron chi connectivity index (χ0n) is 34.0. The molecule has 288 valence electrons. The zero-order valence-corrected chi connectivity index (χ0v) is 34.0. The number of nitrogens with one attached hydrogen (secondary N) is 3. The van der Waals surface area contributed by atoms with Crippen molar-refractivity contribution in [1.82, 2.24) is 5.32 Å². The molecular formula is C49H61N4O2+. The van der Waals surface area contributed by atoms with Gasteiger partial charge in [0.15, 0.2) is 0 Å². The fourth-order valence-electron chi connectivity index (χ4n) is 7.40. The van der Waals surface area contributed by atoms with Crippen LogP contribution < -0.4 is 21.3 Å². The second-order valence-electron chi connectivity index (χ2n) is 15.4. The van der Waals surface area contributed by atoms with Crippen LogP contribution >= 0.6 is 0 Å². The van der Waals surface area contributed by atoms with Gasteiger partial charge in [0.1, 0.15) is 12.1 Å². The van der Waals surface area contributed by atoms with Crippen molar-refractivity contribution in [3.8, 4) is 11.1 Å². The van der Waals surface area contributed by atoms with Crippen molar-refractivity contribution in [3.05, 3.63) is 153 Å². The third-order valence-electron chi connectivity index (χ3n) is 10.4. The average Bonchev–Trinajstić information content (AvgIpc) is 3.17. The van der Waals surface area contributed by atoms with Gasteiger partial charge in [0.05, 0.1) is 11.3 Å². The molecule has 0 aromatic heterocycles. The highest BCUT2D eigenvalue weighted by molar-refractivity contribution is 6.06. The summed E-state index contributed by atoms with van der Waals surface area (Å²) in [5, 5.41) is 12.2. The lowest BCUT2D eigenvalue weighted by atomic mass is 9.92. The minimum atomic E-state index is -0.0549. The van der Waals surface area contributed by atoms with Crippen molar-refractivity contribution in [2.75, 3.05) is 23.7 Å². The van der Waals surface area contributed by atoms with E-state index in [2.05, 4.69) is 130 Å². The molecule has 0 fully saturated rings. The first-order chi connectivity index (χ1) is 26.6. The van der Waals surface area contributed by atoms with Crippen LogP contribution in [-0.2, 0) is 19.4 Å². The van der Waals surface area contributed by atoms with Gasteiger partial charge >= 0.3 is 5.91 Å². The number of rotatable bonds is 18. The Morgan fingerprint density at radius 1 is 0.709 bits per heavy atom. The minimum absolute atomic E-state index is 0.0549. The summed E-state index contributed by atoms with van der Waals surface area (Å²) in [6.45, 7) is 16.9. The number of carbonyl (C=O) groups excluding carboxylic acids is 2. The summed E-state index contributed by atoms with van der Waals surface area (Å²) in [6, 6.07) is 36.0. The summed E-state index contributed by atoms with van der Waals surface area (Å²) >= 11 is 0. The van der Waals surface area contributed by atoms with Gasteiger partial charge in [-0.25, -0.2) is 4.79 Å². The van der Waals surface area contributed by atoms with Crippen molar-refractivity contribution in [2.45, 2.75) is 93.2 Å². The van der Waals surface area contributed by atoms with Crippen molar-refractivity contribution in [3.63, 3.8) is 0 Å². The van der Waals surface area contributed by atoms with E-state index in [0.29, 0.717) is 31.0 Å². The number of benzene rings is 5. The number of carbonyl (C=O) groups is 2. The zero-order chi connectivity index (χ0) is 39.3. The summed E-state index contributed by atoms with van der Waals surface area (Å²) in [6.07, 6.45) is 4.59. The standard InChI is InChI=1S/C49H60N4O2/c1-8-41(20-13-18-37-25-27-42(36(7)29-37)43-21-15-22-44(51-31-33(3)4)47(43)49(55)50-9-2)53-45-23-14-19-40(30-39-26-24-34(5)28-35(39)6)46(45)48(54)52-32-38-16-11-10-12-17-38/h10-12,14-17,19,21-29,33,41,51,53H,8-9,13,18,20,30-32H2,1-7H3,(H,50,55)(H,52,54)/p+1. The van der Waals surface area contributed by atoms with Crippen LogP contribution in [0.4, 0.5) is 11.4 Å². The molecule has 0 aliphatic carbocycles. The van der Waals surface area contributed by atoms with Crippen LogP contribution in [0, 0.1) is 26.7 Å². The van der Waals surface area contributed by atoms with E-state index in [0.717, 1.165) is 77.0 Å². The van der Waals surface area contributed by atoms with Crippen LogP contribution in [-0.4, -0.2) is 30.9 Å². The Balaban J connectivity index is 1.32. The summed E-state index contributed by atoms with van der Waals surface area (Å²) in [5.41, 5.74) is 13.6. The van der Waals surface area contributed by atoms with Crippen molar-refractivity contribution in [2.24, 2.45) is 5.92 Å². The van der Waals surface area contributed by atoms with Crippen molar-refractivity contribution in [1.29, 1.82) is 0 Å². The molecule has 2 amide bonds. The normalized spacial score (nSPS) is 11.7. The molecule has 0 radical (unpaired) electrons. The van der Waals surface area contributed by atoms with Gasteiger partial charge in [-0.05, 0) is 117 Å². The number of hydrogen-bond donors (Lipinski definition) is 4. The first-order valence-electron chi connectivity index (χ1n) is 20.2. The number of quaternary nitrogens is 1. The molecule has 6 nitrogen and oxygen atoms in total. The average molecular weight is 738 g/mol. The Kier molecular flexibility index (Phi) is 14.8. The second kappa shape index (κ2) is 19.9. The van der Waals surface area contributed by atoms with E-state index in [4.69, 9.17) is 0 Å². The molecule has 55 heavy (non-hydrogen) atoms. The van der Waals surface area contributed by atoms with E-state index in [1.54, 1.807) is 0 Å². The molecule has 1 atom stereocenters. The summed E-state index contributed by atoms with van der Waals surface area (Å²) in [7, 11) is 0. The third kappa shape index (κ3) is 11.2. The van der Waals surface area contributed by atoms with E-state index in [-0.39, 0.29) is 17.9 Å². The Bertz CT molecular complexity index is 2050. The molecule has 0 saturated heterocycles. The molecular weight excluding hydrogens is 677 g/mol. The molecule has 0 bridgehead atoms. The molecule has 0 spiro atoms. The molecule has 0 heterocycles. The number of nitrogens with two attached hydrogens (primary N) is 1. The molecule has 1 unspecified atom stereocenters. The maximum Gasteiger partial charge on any atom is 0.345 e. The lowest BCUT2D eigenvalue weighted by molar-refractivity contribution is -0.571. The number of aryl methyl sites for hydroxylation is 4. The van der Waals surface area contributed by atoms with Gasteiger partial charge in [-0.3, -0.25) is 10.1 Å². The van der Waals surface area contributed by atoms with Gasteiger partial charge < -0.3 is 16.0 Å². The first-order valence-corrected chi connectivity index (χ1v) is 20.2. The second-order valence-corrected chi connectivity index (χ2v) is 15.4. The predicted molar refractivity (Wildman–Crippen MR) is 230 cm³/mol. The monoisotopic (exact) mass is 737 g/mol. The van der Waals surface area contributed by atoms with E-state index < -0.39 is 0 Å². The van der Waals surface area contributed by atoms with Gasteiger partial charge in [0, 0.05) is 30.4 Å². The summed E-state index contributed by atoms with van der Waals surface area (Å²) in [4.78, 5) is 27.4. The number of amides is 2. The number of primary amides is 1. The summed E-state index contributed by atoms with van der Waals surface area (Å²) in [5.74, 6) is 0.468. The molecule has 5 N–H and O–H groups in total. The van der Waals surface area contributed by atoms with Gasteiger partial charge in [0.2, 0.25) is 0 Å². The van der Waals surface area contributed by atoms with Gasteiger partial charge in [-0.15, -0.1) is 0 Å². The molecule has 6 heteroatoms. The van der Waals surface area contributed by atoms with E-state index in [1.165, 1.54) is 22.3 Å². The van der Waals surface area contributed by atoms with E-state index in [9.17, 15) is 9.59 Å². The minimum Gasteiger partial charge on any atom is -0.384 e. The SMILES string of the molecule is CCNC(=O)c1c(NCC(C)C)cccc1-c1ccc(CCCC(CC)Nc2cccc(Cc3ccc(C)cc3C)c2C(=O)[NH2+]Cc2ccccc2)cc1C. The van der Waals surface area contributed by atoms with Gasteiger partial charge in [-0.1, -0.05) is 117 Å². The summed E-state index contributed by atoms with van der Waals surface area (Å²) < 4.78 is 0. The number of anilines is 2. The topological polar surface area (TPSA) is 86.8 Å². The Morgan fingerprint density at radius 2 is 1.47 bits per heavy atom. The van der Waals surface area contributed by atoms with Crippen LogP contribution in [0.3, 0.4) is 0 Å². The highest BCUT2D eigenvalue weighted by atomic mass is 16.2. The van der Waals surface area contributed by atoms with Gasteiger partial charge in [0.25, 0.3) is 5.91 Å². The smallest absolute Gasteiger partial charge is 0.345 e. The lowest BCUT2D eigenvalue weighted by Gasteiger charge is -2.22. The van der Waals surface area contributed by atoms with Crippen LogP contribution in [0.2, 0.25) is 0 Å². The van der Waals surface area contributed by atoms with Crippen LogP contribution in [0.5, 0.6) is 0 Å². The van der Waals surface area contributed by atoms with E-state index in [1.807, 2.05) is 42.6 Å². The molecule has 0 aliphatic heterocycles.